The molecule has 0 saturated heterocycles. The van der Waals surface area contributed by atoms with Crippen molar-refractivity contribution in [2.75, 3.05) is 7.05 Å². The van der Waals surface area contributed by atoms with E-state index in [0.29, 0.717) is 13.0 Å². The van der Waals surface area contributed by atoms with E-state index >= 15 is 0 Å². The molecule has 1 aromatic rings. The second-order valence-electron chi connectivity index (χ2n) is 4.06. The molecule has 0 aliphatic rings. The van der Waals surface area contributed by atoms with E-state index in [4.69, 9.17) is 5.73 Å². The zero-order valence-electron chi connectivity index (χ0n) is 9.68. The maximum atomic E-state index is 11.6. The summed E-state index contributed by atoms with van der Waals surface area (Å²) in [6, 6.07) is 6.85. The number of hydrogen-bond acceptors (Lipinski definition) is 3. The largest absolute Gasteiger partial charge is 0.508 e. The highest BCUT2D eigenvalue weighted by Gasteiger charge is 2.12. The Balaban J connectivity index is 2.61. The molecule has 1 rings (SSSR count). The minimum Gasteiger partial charge on any atom is -0.508 e. The van der Waals surface area contributed by atoms with Gasteiger partial charge in [-0.3, -0.25) is 4.79 Å². The maximum absolute atomic E-state index is 11.6. The van der Waals surface area contributed by atoms with Crippen molar-refractivity contribution in [1.82, 2.24) is 4.90 Å². The Morgan fingerprint density at radius 1 is 1.50 bits per heavy atom. The highest BCUT2D eigenvalue weighted by molar-refractivity contribution is 5.76. The summed E-state index contributed by atoms with van der Waals surface area (Å²) < 4.78 is 0. The molecule has 1 amide bonds. The molecule has 0 aliphatic heterocycles. The van der Waals surface area contributed by atoms with Crippen LogP contribution in [0.25, 0.3) is 0 Å². The Labute approximate surface area is 95.7 Å². The molecule has 3 N–H and O–H groups in total. The Morgan fingerprint density at radius 3 is 2.69 bits per heavy atom. The van der Waals surface area contributed by atoms with Crippen LogP contribution in [0.3, 0.4) is 0 Å². The molecule has 0 aromatic heterocycles. The molecule has 88 valence electrons. The Hall–Kier alpha value is -1.55. The Morgan fingerprint density at radius 2 is 2.12 bits per heavy atom. The minimum absolute atomic E-state index is 0.0155. The lowest BCUT2D eigenvalue weighted by atomic mass is 10.1. The summed E-state index contributed by atoms with van der Waals surface area (Å²) in [6.07, 6.45) is 0.324. The van der Waals surface area contributed by atoms with Crippen LogP contribution in [0.2, 0.25) is 0 Å². The molecular weight excluding hydrogens is 204 g/mol. The molecule has 0 fully saturated rings. The summed E-state index contributed by atoms with van der Waals surface area (Å²) in [5.74, 6) is 0.196. The van der Waals surface area contributed by atoms with E-state index in [2.05, 4.69) is 0 Å². The van der Waals surface area contributed by atoms with Gasteiger partial charge < -0.3 is 15.7 Å². The molecule has 0 aliphatic carbocycles. The summed E-state index contributed by atoms with van der Waals surface area (Å²) in [5, 5.41) is 9.56. The van der Waals surface area contributed by atoms with Gasteiger partial charge in [0, 0.05) is 31.6 Å². The lowest BCUT2D eigenvalue weighted by Crippen LogP contribution is -2.31. The van der Waals surface area contributed by atoms with Crippen LogP contribution in [0.4, 0.5) is 0 Å². The zero-order valence-corrected chi connectivity index (χ0v) is 9.68. The molecule has 0 bridgehead atoms. The van der Waals surface area contributed by atoms with Crippen molar-refractivity contribution in [3.8, 4) is 5.75 Å². The van der Waals surface area contributed by atoms with Gasteiger partial charge in [-0.2, -0.15) is 0 Å². The second-order valence-corrected chi connectivity index (χ2v) is 4.06. The fourth-order valence-corrected chi connectivity index (χ4v) is 1.42. The predicted molar refractivity (Wildman–Crippen MR) is 62.8 cm³/mol. The highest BCUT2D eigenvalue weighted by atomic mass is 16.3. The van der Waals surface area contributed by atoms with Crippen LogP contribution in [0.15, 0.2) is 24.3 Å². The van der Waals surface area contributed by atoms with Gasteiger partial charge in [-0.1, -0.05) is 18.2 Å². The number of aromatic hydroxyl groups is 1. The summed E-state index contributed by atoms with van der Waals surface area (Å²) in [4.78, 5) is 13.2. The normalized spacial score (nSPS) is 12.2. The van der Waals surface area contributed by atoms with Crippen molar-refractivity contribution in [2.24, 2.45) is 5.73 Å². The zero-order chi connectivity index (χ0) is 12.1. The van der Waals surface area contributed by atoms with Crippen LogP contribution in [0.1, 0.15) is 18.9 Å². The third-order valence-corrected chi connectivity index (χ3v) is 2.32. The van der Waals surface area contributed by atoms with Gasteiger partial charge in [0.1, 0.15) is 5.75 Å². The lowest BCUT2D eigenvalue weighted by Gasteiger charge is -2.18. The van der Waals surface area contributed by atoms with E-state index in [1.165, 1.54) is 0 Å². The summed E-state index contributed by atoms with van der Waals surface area (Å²) in [6.45, 7) is 2.20. The van der Waals surface area contributed by atoms with Crippen LogP contribution < -0.4 is 5.73 Å². The molecule has 1 unspecified atom stereocenters. The van der Waals surface area contributed by atoms with Crippen LogP contribution in [0.5, 0.6) is 5.75 Å². The fourth-order valence-electron chi connectivity index (χ4n) is 1.42. The second kappa shape index (κ2) is 5.51. The molecule has 0 heterocycles. The van der Waals surface area contributed by atoms with Crippen LogP contribution >= 0.6 is 0 Å². The number of rotatable bonds is 4. The number of phenols is 1. The van der Waals surface area contributed by atoms with Crippen molar-refractivity contribution in [1.29, 1.82) is 0 Å². The number of para-hydroxylation sites is 1. The van der Waals surface area contributed by atoms with Gasteiger partial charge >= 0.3 is 0 Å². The Bertz CT molecular complexity index is 364. The third-order valence-electron chi connectivity index (χ3n) is 2.32. The van der Waals surface area contributed by atoms with Gasteiger partial charge in [-0.05, 0) is 13.0 Å². The van der Waals surface area contributed by atoms with Crippen LogP contribution in [0, 0.1) is 0 Å². The van der Waals surface area contributed by atoms with Gasteiger partial charge in [0.05, 0.1) is 0 Å². The SMILES string of the molecule is CC(N)CC(=O)N(C)Cc1ccccc1O. The van der Waals surface area contributed by atoms with Crippen molar-refractivity contribution in [2.45, 2.75) is 25.9 Å². The van der Waals surface area contributed by atoms with Crippen LogP contribution in [-0.2, 0) is 11.3 Å². The number of carbonyl (C=O) groups is 1. The topological polar surface area (TPSA) is 66.6 Å². The van der Waals surface area contributed by atoms with Gasteiger partial charge in [0.2, 0.25) is 5.91 Å². The fraction of sp³-hybridized carbons (Fsp3) is 0.417. The number of phenolic OH excluding ortho intramolecular Hbond substituents is 1. The molecule has 0 saturated carbocycles. The minimum atomic E-state index is -0.140. The van der Waals surface area contributed by atoms with Crippen molar-refractivity contribution in [3.05, 3.63) is 29.8 Å². The first kappa shape index (κ1) is 12.5. The average Bonchev–Trinajstić information content (AvgIpc) is 2.20. The average molecular weight is 222 g/mol. The van der Waals surface area contributed by atoms with E-state index in [9.17, 15) is 9.90 Å². The van der Waals surface area contributed by atoms with Crippen molar-refractivity contribution >= 4 is 5.91 Å². The van der Waals surface area contributed by atoms with Gasteiger partial charge in [-0.15, -0.1) is 0 Å². The highest BCUT2D eigenvalue weighted by Crippen LogP contribution is 2.17. The van der Waals surface area contributed by atoms with Crippen LogP contribution in [-0.4, -0.2) is 29.0 Å². The van der Waals surface area contributed by atoms with E-state index < -0.39 is 0 Å². The molecule has 16 heavy (non-hydrogen) atoms. The Kier molecular flexibility index (Phi) is 4.31. The first-order valence-electron chi connectivity index (χ1n) is 5.27. The van der Waals surface area contributed by atoms with E-state index in [0.717, 1.165) is 5.56 Å². The van der Waals surface area contributed by atoms with Gasteiger partial charge in [0.15, 0.2) is 0 Å². The number of hydrogen-bond donors (Lipinski definition) is 2. The van der Waals surface area contributed by atoms with Gasteiger partial charge in [0.25, 0.3) is 0 Å². The number of carbonyl (C=O) groups excluding carboxylic acids is 1. The monoisotopic (exact) mass is 222 g/mol. The molecule has 1 atom stereocenters. The number of amides is 1. The quantitative estimate of drug-likeness (QED) is 0.801. The van der Waals surface area contributed by atoms with Gasteiger partial charge in [-0.25, -0.2) is 0 Å². The standard InChI is InChI=1S/C12H18N2O2/c1-9(13)7-12(16)14(2)8-10-5-3-4-6-11(10)15/h3-6,9,15H,7-8,13H2,1-2H3. The molecule has 1 aromatic carbocycles. The first-order valence-corrected chi connectivity index (χ1v) is 5.27. The maximum Gasteiger partial charge on any atom is 0.224 e. The summed E-state index contributed by atoms with van der Waals surface area (Å²) >= 11 is 0. The smallest absolute Gasteiger partial charge is 0.224 e. The number of nitrogens with zero attached hydrogens (tertiary/aromatic N) is 1. The summed E-state index contributed by atoms with van der Waals surface area (Å²) in [7, 11) is 1.71. The molecule has 4 heteroatoms. The van der Waals surface area contributed by atoms with Crippen molar-refractivity contribution in [3.63, 3.8) is 0 Å². The number of nitrogens with two attached hydrogens (primary N) is 1. The first-order chi connectivity index (χ1) is 7.50. The van der Waals surface area contributed by atoms with Crippen molar-refractivity contribution < 1.29 is 9.90 Å². The molecule has 0 spiro atoms. The van der Waals surface area contributed by atoms with E-state index in [-0.39, 0.29) is 17.7 Å². The third kappa shape index (κ3) is 3.55. The summed E-state index contributed by atoms with van der Waals surface area (Å²) in [5.41, 5.74) is 6.30. The molecule has 4 nitrogen and oxygen atoms in total. The molecular formula is C12H18N2O2. The van der Waals surface area contributed by atoms with E-state index in [1.54, 1.807) is 37.1 Å². The number of benzene rings is 1. The lowest BCUT2D eigenvalue weighted by molar-refractivity contribution is -0.130. The van der Waals surface area contributed by atoms with E-state index in [1.807, 2.05) is 6.07 Å². The predicted octanol–water partition coefficient (Wildman–Crippen LogP) is 1.09. The molecule has 0 radical (unpaired) electrons.